The van der Waals surface area contributed by atoms with E-state index in [-0.39, 0.29) is 5.91 Å². The fraction of sp³-hybridized carbons (Fsp3) is 0.211. The highest BCUT2D eigenvalue weighted by Gasteiger charge is 2.09. The highest BCUT2D eigenvalue weighted by atomic mass is 16.5. The molecule has 6 heteroatoms. The Bertz CT molecular complexity index is 813. The number of nitrogens with one attached hydrogen (secondary N) is 1. The van der Waals surface area contributed by atoms with Crippen molar-refractivity contribution in [3.8, 4) is 17.1 Å². The number of hydrogen-bond acceptors (Lipinski definition) is 5. The van der Waals surface area contributed by atoms with Gasteiger partial charge < -0.3 is 14.6 Å². The van der Waals surface area contributed by atoms with E-state index >= 15 is 0 Å². The van der Waals surface area contributed by atoms with E-state index in [0.717, 1.165) is 16.9 Å². The molecule has 0 fully saturated rings. The van der Waals surface area contributed by atoms with Crippen molar-refractivity contribution in [3.63, 3.8) is 0 Å². The van der Waals surface area contributed by atoms with Crippen molar-refractivity contribution in [2.75, 3.05) is 13.7 Å². The monoisotopic (exact) mass is 337 g/mol. The molecule has 1 aromatic heterocycles. The SMILES string of the molecule is COc1ccc(-c2noc(CCNC(=O)Cc3ccccc3)n2)cc1. The van der Waals surface area contributed by atoms with Crippen LogP contribution >= 0.6 is 0 Å². The van der Waals surface area contributed by atoms with Crippen molar-refractivity contribution in [2.45, 2.75) is 12.8 Å². The van der Waals surface area contributed by atoms with Gasteiger partial charge in [-0.3, -0.25) is 4.79 Å². The van der Waals surface area contributed by atoms with Crippen LogP contribution in [0.1, 0.15) is 11.5 Å². The van der Waals surface area contributed by atoms with Crippen LogP contribution in [-0.4, -0.2) is 29.7 Å². The Morgan fingerprint density at radius 3 is 2.60 bits per heavy atom. The number of rotatable bonds is 7. The van der Waals surface area contributed by atoms with Crippen LogP contribution in [0, 0.1) is 0 Å². The third-order valence-corrected chi connectivity index (χ3v) is 3.68. The lowest BCUT2D eigenvalue weighted by Gasteiger charge is -2.03. The maximum Gasteiger partial charge on any atom is 0.228 e. The number of carbonyl (C=O) groups excluding carboxylic acids is 1. The number of carbonyl (C=O) groups is 1. The van der Waals surface area contributed by atoms with Crippen LogP contribution in [-0.2, 0) is 17.6 Å². The summed E-state index contributed by atoms with van der Waals surface area (Å²) >= 11 is 0. The first-order valence-electron chi connectivity index (χ1n) is 8.02. The first kappa shape index (κ1) is 16.7. The van der Waals surface area contributed by atoms with E-state index in [9.17, 15) is 4.79 Å². The predicted octanol–water partition coefficient (Wildman–Crippen LogP) is 2.65. The van der Waals surface area contributed by atoms with Crippen LogP contribution < -0.4 is 10.1 Å². The standard InChI is InChI=1S/C19H19N3O3/c1-24-16-9-7-15(8-10-16)19-21-18(25-22-19)11-12-20-17(23)13-14-5-3-2-4-6-14/h2-10H,11-13H2,1H3,(H,20,23). The van der Waals surface area contributed by atoms with Gasteiger partial charge in [0.1, 0.15) is 5.75 Å². The van der Waals surface area contributed by atoms with E-state index < -0.39 is 0 Å². The van der Waals surface area contributed by atoms with Gasteiger partial charge in [0.25, 0.3) is 0 Å². The summed E-state index contributed by atoms with van der Waals surface area (Å²) in [5.74, 6) is 1.76. The highest BCUT2D eigenvalue weighted by Crippen LogP contribution is 2.19. The lowest BCUT2D eigenvalue weighted by atomic mass is 10.1. The number of amides is 1. The molecule has 3 aromatic rings. The summed E-state index contributed by atoms with van der Waals surface area (Å²) in [6.07, 6.45) is 0.853. The van der Waals surface area contributed by atoms with Crippen molar-refractivity contribution in [2.24, 2.45) is 0 Å². The summed E-state index contributed by atoms with van der Waals surface area (Å²) in [5.41, 5.74) is 1.84. The van der Waals surface area contributed by atoms with Crippen LogP contribution in [0.3, 0.4) is 0 Å². The van der Waals surface area contributed by atoms with Crippen molar-refractivity contribution < 1.29 is 14.1 Å². The van der Waals surface area contributed by atoms with E-state index in [1.807, 2.05) is 54.6 Å². The van der Waals surface area contributed by atoms with Gasteiger partial charge in [-0.15, -0.1) is 0 Å². The molecule has 25 heavy (non-hydrogen) atoms. The average molecular weight is 337 g/mol. The van der Waals surface area contributed by atoms with E-state index in [4.69, 9.17) is 9.26 Å². The molecule has 0 aliphatic rings. The van der Waals surface area contributed by atoms with Crippen molar-refractivity contribution >= 4 is 5.91 Å². The Hall–Kier alpha value is -3.15. The van der Waals surface area contributed by atoms with Gasteiger partial charge in [0, 0.05) is 18.5 Å². The minimum absolute atomic E-state index is 0.0268. The van der Waals surface area contributed by atoms with Crippen LogP contribution in [0.15, 0.2) is 59.1 Å². The fourth-order valence-electron chi connectivity index (χ4n) is 2.37. The summed E-state index contributed by atoms with van der Waals surface area (Å²) in [6.45, 7) is 0.454. The Morgan fingerprint density at radius 2 is 1.88 bits per heavy atom. The quantitative estimate of drug-likeness (QED) is 0.717. The summed E-state index contributed by atoms with van der Waals surface area (Å²) in [4.78, 5) is 16.2. The molecule has 3 rings (SSSR count). The highest BCUT2D eigenvalue weighted by molar-refractivity contribution is 5.78. The molecule has 6 nitrogen and oxygen atoms in total. The molecule has 0 saturated carbocycles. The first-order valence-corrected chi connectivity index (χ1v) is 8.02. The van der Waals surface area contributed by atoms with Gasteiger partial charge in [-0.05, 0) is 29.8 Å². The third-order valence-electron chi connectivity index (χ3n) is 3.68. The van der Waals surface area contributed by atoms with Crippen LogP contribution in [0.4, 0.5) is 0 Å². The molecule has 0 spiro atoms. The zero-order chi connectivity index (χ0) is 17.5. The van der Waals surface area contributed by atoms with Crippen LogP contribution in [0.2, 0.25) is 0 Å². The first-order chi connectivity index (χ1) is 12.2. The number of ether oxygens (including phenoxy) is 1. The molecule has 1 heterocycles. The van der Waals surface area contributed by atoms with Gasteiger partial charge in [-0.25, -0.2) is 0 Å². The molecule has 0 radical (unpaired) electrons. The minimum atomic E-state index is -0.0268. The summed E-state index contributed by atoms with van der Waals surface area (Å²) in [6, 6.07) is 17.0. The summed E-state index contributed by atoms with van der Waals surface area (Å²) in [5, 5.41) is 6.83. The number of aromatic nitrogens is 2. The molecule has 2 aromatic carbocycles. The molecule has 0 atom stereocenters. The summed E-state index contributed by atoms with van der Waals surface area (Å²) in [7, 11) is 1.62. The third kappa shape index (κ3) is 4.67. The second-order valence-corrected chi connectivity index (χ2v) is 5.50. The maximum atomic E-state index is 11.9. The molecule has 0 saturated heterocycles. The van der Waals surface area contributed by atoms with Gasteiger partial charge in [0.05, 0.1) is 13.5 Å². The van der Waals surface area contributed by atoms with Gasteiger partial charge >= 0.3 is 0 Å². The van der Waals surface area contributed by atoms with E-state index in [0.29, 0.717) is 31.1 Å². The average Bonchev–Trinajstić information content (AvgIpc) is 3.11. The van der Waals surface area contributed by atoms with Crippen LogP contribution in [0.5, 0.6) is 5.75 Å². The Morgan fingerprint density at radius 1 is 1.12 bits per heavy atom. The van der Waals surface area contributed by atoms with E-state index in [2.05, 4.69) is 15.5 Å². The molecular formula is C19H19N3O3. The second-order valence-electron chi connectivity index (χ2n) is 5.50. The Labute approximate surface area is 145 Å². The van der Waals surface area contributed by atoms with Crippen molar-refractivity contribution in [1.29, 1.82) is 0 Å². The zero-order valence-corrected chi connectivity index (χ0v) is 13.9. The Kier molecular flexibility index (Phi) is 5.41. The number of hydrogen-bond donors (Lipinski definition) is 1. The topological polar surface area (TPSA) is 77.3 Å². The van der Waals surface area contributed by atoms with Crippen molar-refractivity contribution in [3.05, 3.63) is 66.1 Å². The van der Waals surface area contributed by atoms with Gasteiger partial charge in [-0.1, -0.05) is 35.5 Å². The van der Waals surface area contributed by atoms with Gasteiger partial charge in [0.2, 0.25) is 17.6 Å². The second kappa shape index (κ2) is 8.10. The Balaban J connectivity index is 1.49. The van der Waals surface area contributed by atoms with Crippen LogP contribution in [0.25, 0.3) is 11.4 Å². The number of nitrogens with zero attached hydrogens (tertiary/aromatic N) is 2. The summed E-state index contributed by atoms with van der Waals surface area (Å²) < 4.78 is 10.4. The molecule has 0 unspecified atom stereocenters. The fourth-order valence-corrected chi connectivity index (χ4v) is 2.37. The van der Waals surface area contributed by atoms with Crippen molar-refractivity contribution in [1.82, 2.24) is 15.5 Å². The predicted molar refractivity (Wildman–Crippen MR) is 93.1 cm³/mol. The van der Waals surface area contributed by atoms with E-state index in [1.54, 1.807) is 7.11 Å². The largest absolute Gasteiger partial charge is 0.497 e. The van der Waals surface area contributed by atoms with Gasteiger partial charge in [0.15, 0.2) is 0 Å². The molecule has 1 amide bonds. The smallest absolute Gasteiger partial charge is 0.228 e. The minimum Gasteiger partial charge on any atom is -0.497 e. The lowest BCUT2D eigenvalue weighted by Crippen LogP contribution is -2.27. The maximum absolute atomic E-state index is 11.9. The number of methoxy groups -OCH3 is 1. The molecule has 0 aliphatic carbocycles. The lowest BCUT2D eigenvalue weighted by molar-refractivity contribution is -0.120. The number of benzene rings is 2. The molecule has 128 valence electrons. The molecular weight excluding hydrogens is 318 g/mol. The van der Waals surface area contributed by atoms with Gasteiger partial charge in [-0.2, -0.15) is 4.98 Å². The molecule has 0 aliphatic heterocycles. The normalized spacial score (nSPS) is 10.4. The zero-order valence-electron chi connectivity index (χ0n) is 13.9. The van der Waals surface area contributed by atoms with E-state index in [1.165, 1.54) is 0 Å². The molecule has 0 bridgehead atoms. The molecule has 1 N–H and O–H groups in total.